The third-order valence-corrected chi connectivity index (χ3v) is 3.34. The van der Waals surface area contributed by atoms with Crippen molar-refractivity contribution in [1.29, 1.82) is 0 Å². The van der Waals surface area contributed by atoms with Crippen LogP contribution in [0, 0.1) is 0 Å². The standard InChI is InChI=1S/C12H19BrN2O2/c1-12(2,15-8-10(13)7-14-15)9-17-11-5-3-4-6-16-11/h7-8,11H,3-6,9H2,1-2H3/t11-/m1/s1. The van der Waals surface area contributed by atoms with E-state index in [4.69, 9.17) is 9.47 Å². The molecule has 0 saturated carbocycles. The molecule has 1 saturated heterocycles. The SMILES string of the molecule is CC(C)(CO[C@@H]1CCCCO1)n1cc(Br)cn1. The molecule has 1 aliphatic heterocycles. The van der Waals surface area contributed by atoms with Crippen molar-refractivity contribution < 1.29 is 9.47 Å². The summed E-state index contributed by atoms with van der Waals surface area (Å²) in [6.45, 7) is 5.63. The van der Waals surface area contributed by atoms with Crippen LogP contribution in [0.3, 0.4) is 0 Å². The van der Waals surface area contributed by atoms with Gasteiger partial charge in [0, 0.05) is 12.8 Å². The van der Waals surface area contributed by atoms with Crippen molar-refractivity contribution in [2.45, 2.75) is 44.9 Å². The van der Waals surface area contributed by atoms with E-state index < -0.39 is 0 Å². The zero-order valence-corrected chi connectivity index (χ0v) is 11.9. The molecule has 1 aromatic heterocycles. The number of ether oxygens (including phenoxy) is 2. The van der Waals surface area contributed by atoms with Gasteiger partial charge in [-0.05, 0) is 49.0 Å². The quantitative estimate of drug-likeness (QED) is 0.858. The number of halogens is 1. The minimum absolute atomic E-state index is 0.0398. The lowest BCUT2D eigenvalue weighted by Crippen LogP contribution is -2.35. The fraction of sp³-hybridized carbons (Fsp3) is 0.750. The Bertz CT molecular complexity index is 359. The molecule has 0 bridgehead atoms. The smallest absolute Gasteiger partial charge is 0.157 e. The molecule has 96 valence electrons. The van der Waals surface area contributed by atoms with E-state index in [2.05, 4.69) is 34.9 Å². The summed E-state index contributed by atoms with van der Waals surface area (Å²) in [7, 11) is 0. The molecule has 0 unspecified atom stereocenters. The number of hydrogen-bond donors (Lipinski definition) is 0. The second-order valence-corrected chi connectivity index (χ2v) is 5.94. The van der Waals surface area contributed by atoms with E-state index in [-0.39, 0.29) is 11.8 Å². The Morgan fingerprint density at radius 3 is 3.00 bits per heavy atom. The van der Waals surface area contributed by atoms with Gasteiger partial charge in [0.25, 0.3) is 0 Å². The minimum Gasteiger partial charge on any atom is -0.353 e. The van der Waals surface area contributed by atoms with Crippen LogP contribution in [0.2, 0.25) is 0 Å². The molecular formula is C12H19BrN2O2. The van der Waals surface area contributed by atoms with Crippen molar-refractivity contribution in [1.82, 2.24) is 9.78 Å². The number of hydrogen-bond acceptors (Lipinski definition) is 3. The van der Waals surface area contributed by atoms with Crippen LogP contribution in [0.15, 0.2) is 16.9 Å². The molecule has 0 spiro atoms. The van der Waals surface area contributed by atoms with Gasteiger partial charge >= 0.3 is 0 Å². The zero-order chi connectivity index (χ0) is 12.3. The fourth-order valence-corrected chi connectivity index (χ4v) is 2.12. The molecule has 17 heavy (non-hydrogen) atoms. The number of nitrogens with zero attached hydrogens (tertiary/aromatic N) is 2. The first-order valence-corrected chi connectivity index (χ1v) is 6.81. The molecule has 4 nitrogen and oxygen atoms in total. The summed E-state index contributed by atoms with van der Waals surface area (Å²) >= 11 is 3.40. The third-order valence-electron chi connectivity index (χ3n) is 2.93. The van der Waals surface area contributed by atoms with Gasteiger partial charge in [-0.3, -0.25) is 4.68 Å². The van der Waals surface area contributed by atoms with Crippen LogP contribution in [-0.2, 0) is 15.0 Å². The van der Waals surface area contributed by atoms with Crippen molar-refractivity contribution in [3.05, 3.63) is 16.9 Å². The molecule has 1 aromatic rings. The van der Waals surface area contributed by atoms with Crippen LogP contribution in [0.1, 0.15) is 33.1 Å². The molecule has 2 rings (SSSR count). The van der Waals surface area contributed by atoms with Crippen molar-refractivity contribution in [2.75, 3.05) is 13.2 Å². The average molecular weight is 303 g/mol. The Morgan fingerprint density at radius 2 is 2.41 bits per heavy atom. The van der Waals surface area contributed by atoms with Gasteiger partial charge in [0.2, 0.25) is 0 Å². The molecule has 0 N–H and O–H groups in total. The van der Waals surface area contributed by atoms with E-state index in [0.717, 1.165) is 23.9 Å². The third kappa shape index (κ3) is 3.53. The summed E-state index contributed by atoms with van der Waals surface area (Å²) in [4.78, 5) is 0. The summed E-state index contributed by atoms with van der Waals surface area (Å²) in [5.41, 5.74) is -0.160. The van der Waals surface area contributed by atoms with E-state index in [1.165, 1.54) is 6.42 Å². The maximum absolute atomic E-state index is 5.81. The van der Waals surface area contributed by atoms with Crippen LogP contribution in [0.25, 0.3) is 0 Å². The second-order valence-electron chi connectivity index (χ2n) is 5.02. The molecule has 0 amide bonds. The molecule has 2 heterocycles. The van der Waals surface area contributed by atoms with Crippen molar-refractivity contribution in [3.63, 3.8) is 0 Å². The number of aromatic nitrogens is 2. The molecule has 5 heteroatoms. The van der Waals surface area contributed by atoms with Crippen LogP contribution in [-0.4, -0.2) is 29.3 Å². The molecule has 0 aromatic carbocycles. The highest BCUT2D eigenvalue weighted by atomic mass is 79.9. The fourth-order valence-electron chi connectivity index (χ4n) is 1.84. The normalized spacial score (nSPS) is 21.7. The van der Waals surface area contributed by atoms with Gasteiger partial charge in [0.1, 0.15) is 0 Å². The maximum atomic E-state index is 5.81. The largest absolute Gasteiger partial charge is 0.353 e. The predicted octanol–water partition coefficient (Wildman–Crippen LogP) is 2.92. The minimum atomic E-state index is -0.160. The highest BCUT2D eigenvalue weighted by molar-refractivity contribution is 9.10. The van der Waals surface area contributed by atoms with Crippen LogP contribution >= 0.6 is 15.9 Å². The molecule has 1 fully saturated rings. The van der Waals surface area contributed by atoms with E-state index >= 15 is 0 Å². The van der Waals surface area contributed by atoms with Crippen molar-refractivity contribution in [3.8, 4) is 0 Å². The summed E-state index contributed by atoms with van der Waals surface area (Å²) in [6, 6.07) is 0. The lowest BCUT2D eigenvalue weighted by atomic mass is 10.1. The molecule has 0 aliphatic carbocycles. The Balaban J connectivity index is 1.88. The van der Waals surface area contributed by atoms with Gasteiger partial charge in [-0.1, -0.05) is 0 Å². The van der Waals surface area contributed by atoms with Gasteiger partial charge in [0.05, 0.1) is 22.8 Å². The number of rotatable bonds is 4. The van der Waals surface area contributed by atoms with E-state index in [1.807, 2.05) is 10.9 Å². The van der Waals surface area contributed by atoms with Gasteiger partial charge in [-0.2, -0.15) is 5.10 Å². The maximum Gasteiger partial charge on any atom is 0.157 e. The highest BCUT2D eigenvalue weighted by Gasteiger charge is 2.24. The van der Waals surface area contributed by atoms with Crippen LogP contribution in [0.4, 0.5) is 0 Å². The highest BCUT2D eigenvalue weighted by Crippen LogP contribution is 2.21. The summed E-state index contributed by atoms with van der Waals surface area (Å²) in [5.74, 6) is 0. The van der Waals surface area contributed by atoms with Crippen molar-refractivity contribution >= 4 is 15.9 Å². The van der Waals surface area contributed by atoms with Gasteiger partial charge in [0.15, 0.2) is 6.29 Å². The van der Waals surface area contributed by atoms with Crippen molar-refractivity contribution in [2.24, 2.45) is 0 Å². The van der Waals surface area contributed by atoms with E-state index in [9.17, 15) is 0 Å². The molecular weight excluding hydrogens is 284 g/mol. The van der Waals surface area contributed by atoms with E-state index in [1.54, 1.807) is 6.20 Å². The Labute approximate surface area is 110 Å². The first-order valence-electron chi connectivity index (χ1n) is 6.02. The summed E-state index contributed by atoms with van der Waals surface area (Å²) in [5, 5.41) is 4.30. The lowest BCUT2D eigenvalue weighted by molar-refractivity contribution is -0.175. The van der Waals surface area contributed by atoms with E-state index in [0.29, 0.717) is 6.61 Å². The monoisotopic (exact) mass is 302 g/mol. The topological polar surface area (TPSA) is 36.3 Å². The summed E-state index contributed by atoms with van der Waals surface area (Å²) in [6.07, 6.45) is 7.05. The predicted molar refractivity (Wildman–Crippen MR) is 68.8 cm³/mol. The first-order chi connectivity index (χ1) is 8.08. The molecule has 1 aliphatic rings. The Morgan fingerprint density at radius 1 is 1.59 bits per heavy atom. The second kappa shape index (κ2) is 5.50. The first kappa shape index (κ1) is 13.1. The Hall–Kier alpha value is -0.390. The molecule has 0 radical (unpaired) electrons. The Kier molecular flexibility index (Phi) is 4.22. The van der Waals surface area contributed by atoms with Crippen LogP contribution < -0.4 is 0 Å². The zero-order valence-electron chi connectivity index (χ0n) is 10.4. The van der Waals surface area contributed by atoms with Crippen LogP contribution in [0.5, 0.6) is 0 Å². The van der Waals surface area contributed by atoms with Gasteiger partial charge < -0.3 is 9.47 Å². The summed E-state index contributed by atoms with van der Waals surface area (Å²) < 4.78 is 14.3. The molecule has 1 atom stereocenters. The average Bonchev–Trinajstić information content (AvgIpc) is 2.76. The van der Waals surface area contributed by atoms with Gasteiger partial charge in [-0.25, -0.2) is 0 Å². The lowest BCUT2D eigenvalue weighted by Gasteiger charge is -2.29. The van der Waals surface area contributed by atoms with Gasteiger partial charge in [-0.15, -0.1) is 0 Å².